The number of hydrogen-bond donors (Lipinski definition) is 2. The van der Waals surface area contributed by atoms with Gasteiger partial charge in [-0.05, 0) is 43.7 Å². The molecule has 3 nitrogen and oxygen atoms in total. The molecule has 2 aliphatic heterocycles. The second kappa shape index (κ2) is 4.62. The van der Waals surface area contributed by atoms with Crippen molar-refractivity contribution in [3.05, 3.63) is 17.7 Å². The van der Waals surface area contributed by atoms with Gasteiger partial charge >= 0.3 is 0 Å². The van der Waals surface area contributed by atoms with Crippen molar-refractivity contribution < 1.29 is 14.8 Å². The Morgan fingerprint density at radius 2 is 1.61 bits per heavy atom. The van der Waals surface area contributed by atoms with Gasteiger partial charge in [-0.15, -0.1) is 0 Å². The molecule has 2 heterocycles. The molecule has 3 aliphatic rings. The summed E-state index contributed by atoms with van der Waals surface area (Å²) in [5, 5.41) is 20.7. The molecule has 4 rings (SSSR count). The normalized spacial score (nSPS) is 31.2. The van der Waals surface area contributed by atoms with Gasteiger partial charge in [-0.25, -0.2) is 0 Å². The number of aromatic hydroxyl groups is 2. The Kier molecular flexibility index (Phi) is 3.11. The molecule has 18 heavy (non-hydrogen) atoms. The van der Waals surface area contributed by atoms with E-state index in [1.807, 2.05) is 0 Å². The average molecular weight is 266 g/mol. The van der Waals surface area contributed by atoms with Crippen molar-refractivity contribution in [2.75, 3.05) is 0 Å². The van der Waals surface area contributed by atoms with Crippen LogP contribution in [-0.2, 0) is 4.57 Å². The predicted molar refractivity (Wildman–Crippen MR) is 72.6 cm³/mol. The van der Waals surface area contributed by atoms with Crippen molar-refractivity contribution in [3.8, 4) is 11.5 Å². The Morgan fingerprint density at radius 3 is 2.28 bits per heavy atom. The van der Waals surface area contributed by atoms with Crippen LogP contribution in [-0.4, -0.2) is 15.9 Å². The summed E-state index contributed by atoms with van der Waals surface area (Å²) in [7, 11) is -1.99. The van der Waals surface area contributed by atoms with Gasteiger partial charge in [0.25, 0.3) is 0 Å². The number of phenols is 2. The highest BCUT2D eigenvalue weighted by molar-refractivity contribution is 7.54. The first-order valence-electron chi connectivity index (χ1n) is 6.77. The Labute approximate surface area is 108 Å². The van der Waals surface area contributed by atoms with Crippen LogP contribution in [0, 0.1) is 0 Å². The summed E-state index contributed by atoms with van der Waals surface area (Å²) in [5.41, 5.74) is 0.992. The summed E-state index contributed by atoms with van der Waals surface area (Å²) >= 11 is 0. The van der Waals surface area contributed by atoms with E-state index in [2.05, 4.69) is 0 Å². The van der Waals surface area contributed by atoms with E-state index in [4.69, 9.17) is 0 Å². The minimum atomic E-state index is -1.99. The van der Waals surface area contributed by atoms with Crippen LogP contribution in [0.25, 0.3) is 0 Å². The fraction of sp³-hybridized carbons (Fsp3) is 0.571. The molecule has 1 atom stereocenters. The lowest BCUT2D eigenvalue weighted by Crippen LogP contribution is -2.23. The molecular formula is C14H19O3P. The fourth-order valence-corrected chi connectivity index (χ4v) is 5.81. The van der Waals surface area contributed by atoms with Crippen molar-refractivity contribution in [1.29, 1.82) is 0 Å². The average Bonchev–Trinajstić information content (AvgIpc) is 2.29. The minimum Gasteiger partial charge on any atom is -0.508 e. The molecule has 0 saturated heterocycles. The van der Waals surface area contributed by atoms with Crippen molar-refractivity contribution in [3.63, 3.8) is 0 Å². The molecule has 2 bridgehead atoms. The standard InChI is InChI=1S/C14H19O3P/c15-11-7-8-12(16)14-13(11)9-3-1-5-10(18(14)17)6-2-4-9/h7-10,15-16,18H,1-6H2. The van der Waals surface area contributed by atoms with Gasteiger partial charge in [-0.1, -0.05) is 12.8 Å². The number of rotatable bonds is 0. The summed E-state index contributed by atoms with van der Waals surface area (Å²) in [5.74, 6) is 0.599. The minimum absolute atomic E-state index is 0.116. The van der Waals surface area contributed by atoms with Crippen LogP contribution in [0.15, 0.2) is 12.1 Å². The van der Waals surface area contributed by atoms with Gasteiger partial charge < -0.3 is 14.8 Å². The van der Waals surface area contributed by atoms with E-state index in [1.54, 1.807) is 0 Å². The monoisotopic (exact) mass is 266 g/mol. The second-order valence-electron chi connectivity index (χ2n) is 5.51. The molecule has 0 amide bonds. The van der Waals surface area contributed by atoms with Gasteiger partial charge in [0.1, 0.15) is 19.3 Å². The smallest absolute Gasteiger partial charge is 0.126 e. The van der Waals surface area contributed by atoms with Crippen LogP contribution >= 0.6 is 7.80 Å². The zero-order valence-corrected chi connectivity index (χ0v) is 11.4. The number of fused-ring (bicyclic) bond motifs is 4. The van der Waals surface area contributed by atoms with Crippen molar-refractivity contribution in [2.24, 2.45) is 0 Å². The highest BCUT2D eigenvalue weighted by Crippen LogP contribution is 2.48. The summed E-state index contributed by atoms with van der Waals surface area (Å²) in [6, 6.07) is 3.02. The van der Waals surface area contributed by atoms with Gasteiger partial charge in [-0.2, -0.15) is 0 Å². The molecule has 1 aromatic carbocycles. The first kappa shape index (κ1) is 12.1. The van der Waals surface area contributed by atoms with Crippen LogP contribution in [0.1, 0.15) is 50.0 Å². The quantitative estimate of drug-likeness (QED) is 0.560. The summed E-state index contributed by atoms with van der Waals surface area (Å²) in [4.78, 5) is 0. The van der Waals surface area contributed by atoms with Gasteiger partial charge in [0.2, 0.25) is 0 Å². The van der Waals surface area contributed by atoms with E-state index in [0.29, 0.717) is 5.30 Å². The van der Waals surface area contributed by atoms with Gasteiger partial charge in [0.15, 0.2) is 0 Å². The largest absolute Gasteiger partial charge is 0.508 e. The lowest BCUT2D eigenvalue weighted by atomic mass is 9.85. The van der Waals surface area contributed by atoms with E-state index >= 15 is 0 Å². The van der Waals surface area contributed by atoms with E-state index in [1.165, 1.54) is 12.1 Å². The fourth-order valence-electron chi connectivity index (χ4n) is 3.53. The van der Waals surface area contributed by atoms with E-state index in [0.717, 1.165) is 44.1 Å². The Morgan fingerprint density at radius 1 is 1.00 bits per heavy atom. The first-order chi connectivity index (χ1) is 8.68. The van der Waals surface area contributed by atoms with Crippen molar-refractivity contribution >= 4 is 13.1 Å². The summed E-state index contributed by atoms with van der Waals surface area (Å²) < 4.78 is 12.7. The molecule has 1 unspecified atom stereocenters. The molecule has 4 heteroatoms. The lowest BCUT2D eigenvalue weighted by Gasteiger charge is -2.31. The zero-order valence-electron chi connectivity index (χ0n) is 10.4. The molecule has 98 valence electrons. The SMILES string of the molecule is O=[PH]1c2c(O)ccc(O)c2C2CCCC1CCC2. The third-order valence-corrected chi connectivity index (χ3v) is 6.77. The molecule has 1 fully saturated rings. The number of phenolic OH excluding ortho intramolecular Hbond substituents is 2. The van der Waals surface area contributed by atoms with Crippen molar-refractivity contribution in [2.45, 2.75) is 50.1 Å². The van der Waals surface area contributed by atoms with Crippen LogP contribution in [0.3, 0.4) is 0 Å². The Bertz CT molecular complexity index is 488. The Balaban J connectivity index is 2.24. The van der Waals surface area contributed by atoms with Crippen LogP contribution < -0.4 is 5.30 Å². The van der Waals surface area contributed by atoms with Gasteiger partial charge in [0, 0.05) is 11.2 Å². The molecule has 0 spiro atoms. The molecule has 1 aliphatic carbocycles. The summed E-state index contributed by atoms with van der Waals surface area (Å²) in [6.07, 6.45) is 6.25. The van der Waals surface area contributed by atoms with Gasteiger partial charge in [0.05, 0.1) is 5.30 Å². The predicted octanol–water partition coefficient (Wildman–Crippen LogP) is 3.10. The van der Waals surface area contributed by atoms with Crippen LogP contribution in [0.2, 0.25) is 0 Å². The maximum atomic E-state index is 12.7. The topological polar surface area (TPSA) is 57.5 Å². The van der Waals surface area contributed by atoms with E-state index in [-0.39, 0.29) is 23.1 Å². The second-order valence-corrected chi connectivity index (χ2v) is 7.56. The third-order valence-electron chi connectivity index (χ3n) is 4.44. The van der Waals surface area contributed by atoms with E-state index < -0.39 is 7.80 Å². The maximum absolute atomic E-state index is 12.7. The zero-order chi connectivity index (χ0) is 12.7. The first-order valence-corrected chi connectivity index (χ1v) is 8.26. The number of benzene rings is 1. The van der Waals surface area contributed by atoms with Gasteiger partial charge in [-0.3, -0.25) is 0 Å². The number of hydrogen-bond acceptors (Lipinski definition) is 3. The molecule has 1 saturated carbocycles. The van der Waals surface area contributed by atoms with Crippen LogP contribution in [0.4, 0.5) is 0 Å². The molecular weight excluding hydrogens is 247 g/mol. The Hall–Kier alpha value is -0.950. The lowest BCUT2D eigenvalue weighted by molar-refractivity contribution is 0.414. The van der Waals surface area contributed by atoms with Crippen molar-refractivity contribution in [1.82, 2.24) is 0 Å². The van der Waals surface area contributed by atoms with E-state index in [9.17, 15) is 14.8 Å². The van der Waals surface area contributed by atoms with Crippen LogP contribution in [0.5, 0.6) is 11.5 Å². The summed E-state index contributed by atoms with van der Waals surface area (Å²) in [6.45, 7) is 0. The highest BCUT2D eigenvalue weighted by atomic mass is 31.1. The molecule has 0 aromatic heterocycles. The highest BCUT2D eigenvalue weighted by Gasteiger charge is 2.33. The molecule has 1 aromatic rings. The molecule has 0 radical (unpaired) electrons. The molecule has 2 N–H and O–H groups in total. The third kappa shape index (κ3) is 1.85. The maximum Gasteiger partial charge on any atom is 0.126 e.